The molecule has 0 atom stereocenters. The molecular formula is C26H27N5O3S2. The molecule has 0 unspecified atom stereocenters. The summed E-state index contributed by atoms with van der Waals surface area (Å²) in [4.78, 5) is 39.7. The van der Waals surface area contributed by atoms with Gasteiger partial charge in [0.05, 0.1) is 22.7 Å². The molecule has 2 saturated carbocycles. The SMILES string of the molecule is COc1cccc(-c2sc(C3CC3)nc2C(=O)N(CCNC(=O)c2c(C)nc3sccn23)C2CC2)c1. The summed E-state index contributed by atoms with van der Waals surface area (Å²) < 4.78 is 7.23. The van der Waals surface area contributed by atoms with E-state index in [1.807, 2.05) is 52.1 Å². The number of ether oxygens (including phenoxy) is 1. The van der Waals surface area contributed by atoms with Crippen LogP contribution in [0.2, 0.25) is 0 Å². The maximum Gasteiger partial charge on any atom is 0.274 e. The Labute approximate surface area is 216 Å². The fraction of sp³-hybridized carbons (Fsp3) is 0.385. The van der Waals surface area contributed by atoms with Gasteiger partial charge in [-0.3, -0.25) is 14.0 Å². The van der Waals surface area contributed by atoms with Crippen LogP contribution in [0, 0.1) is 6.92 Å². The summed E-state index contributed by atoms with van der Waals surface area (Å²) >= 11 is 3.12. The van der Waals surface area contributed by atoms with Crippen LogP contribution < -0.4 is 10.1 Å². The van der Waals surface area contributed by atoms with Gasteiger partial charge in [0, 0.05) is 36.6 Å². The highest BCUT2D eigenvalue weighted by Gasteiger charge is 2.37. The van der Waals surface area contributed by atoms with E-state index in [0.717, 1.165) is 51.8 Å². The molecular weight excluding hydrogens is 494 g/mol. The maximum atomic E-state index is 13.8. The molecule has 0 saturated heterocycles. The van der Waals surface area contributed by atoms with Gasteiger partial charge in [0.1, 0.15) is 17.1 Å². The Balaban J connectivity index is 1.22. The standard InChI is InChI=1S/C26H27N5O3S2/c1-15-21(31-12-13-35-26(31)28-15)23(32)27-10-11-30(18-8-9-18)25(33)20-22(36-24(29-20)16-6-7-16)17-4-3-5-19(14-17)34-2/h3-5,12-14,16,18H,6-11H2,1-2H3,(H,27,32). The molecule has 3 heterocycles. The van der Waals surface area contributed by atoms with E-state index in [1.165, 1.54) is 11.3 Å². The van der Waals surface area contributed by atoms with Crippen LogP contribution in [0.4, 0.5) is 0 Å². The van der Waals surface area contributed by atoms with Crippen molar-refractivity contribution in [3.8, 4) is 16.2 Å². The minimum atomic E-state index is -0.177. The first-order chi connectivity index (χ1) is 17.5. The summed E-state index contributed by atoms with van der Waals surface area (Å²) in [5, 5.41) is 5.95. The third kappa shape index (κ3) is 4.39. The molecule has 1 N–H and O–H groups in total. The number of thiazole rings is 2. The largest absolute Gasteiger partial charge is 0.497 e. The molecule has 0 aliphatic heterocycles. The first-order valence-corrected chi connectivity index (χ1v) is 13.9. The lowest BCUT2D eigenvalue weighted by atomic mass is 10.1. The molecule has 10 heteroatoms. The molecule has 8 nitrogen and oxygen atoms in total. The van der Waals surface area contributed by atoms with Crippen LogP contribution in [-0.2, 0) is 0 Å². The number of hydrogen-bond donors (Lipinski definition) is 1. The average Bonchev–Trinajstić information content (AvgIpc) is 3.79. The van der Waals surface area contributed by atoms with Gasteiger partial charge < -0.3 is 15.0 Å². The van der Waals surface area contributed by atoms with E-state index in [4.69, 9.17) is 9.72 Å². The van der Waals surface area contributed by atoms with Crippen molar-refractivity contribution in [1.82, 2.24) is 24.6 Å². The van der Waals surface area contributed by atoms with Crippen molar-refractivity contribution in [2.24, 2.45) is 0 Å². The number of carbonyl (C=O) groups excluding carboxylic acids is 2. The summed E-state index contributed by atoms with van der Waals surface area (Å²) in [5.74, 6) is 0.975. The van der Waals surface area contributed by atoms with E-state index in [1.54, 1.807) is 18.4 Å². The van der Waals surface area contributed by atoms with Crippen molar-refractivity contribution in [2.45, 2.75) is 44.6 Å². The molecule has 6 rings (SSSR count). The van der Waals surface area contributed by atoms with Crippen LogP contribution >= 0.6 is 22.7 Å². The summed E-state index contributed by atoms with van der Waals surface area (Å²) in [6.07, 6.45) is 6.07. The number of fused-ring (bicyclic) bond motifs is 1. The molecule has 3 aromatic heterocycles. The van der Waals surface area contributed by atoms with E-state index < -0.39 is 0 Å². The lowest BCUT2D eigenvalue weighted by Gasteiger charge is -2.22. The Hall–Kier alpha value is -3.24. The second kappa shape index (κ2) is 9.33. The van der Waals surface area contributed by atoms with E-state index in [0.29, 0.717) is 36.1 Å². The van der Waals surface area contributed by atoms with Crippen LogP contribution in [0.15, 0.2) is 35.8 Å². The number of aromatic nitrogens is 3. The van der Waals surface area contributed by atoms with Crippen molar-refractivity contribution in [1.29, 1.82) is 0 Å². The lowest BCUT2D eigenvalue weighted by molar-refractivity contribution is 0.0731. The van der Waals surface area contributed by atoms with Gasteiger partial charge in [0.15, 0.2) is 4.96 Å². The fourth-order valence-corrected chi connectivity index (χ4v) is 6.44. The third-order valence-corrected chi connectivity index (χ3v) is 8.67. The predicted molar refractivity (Wildman–Crippen MR) is 140 cm³/mol. The first-order valence-electron chi connectivity index (χ1n) is 12.2. The molecule has 36 heavy (non-hydrogen) atoms. The highest BCUT2D eigenvalue weighted by atomic mass is 32.1. The van der Waals surface area contributed by atoms with Gasteiger partial charge in [-0.1, -0.05) is 12.1 Å². The van der Waals surface area contributed by atoms with Crippen molar-refractivity contribution in [2.75, 3.05) is 20.2 Å². The minimum absolute atomic E-state index is 0.0616. The number of carbonyl (C=O) groups is 2. The molecule has 0 bridgehead atoms. The Morgan fingerprint density at radius 1 is 1.22 bits per heavy atom. The minimum Gasteiger partial charge on any atom is -0.497 e. The average molecular weight is 522 g/mol. The predicted octanol–water partition coefficient (Wildman–Crippen LogP) is 4.75. The van der Waals surface area contributed by atoms with E-state index in [-0.39, 0.29) is 17.9 Å². The summed E-state index contributed by atoms with van der Waals surface area (Å²) in [5.41, 5.74) is 2.71. The second-order valence-corrected chi connectivity index (χ2v) is 11.2. The smallest absolute Gasteiger partial charge is 0.274 e. The summed E-state index contributed by atoms with van der Waals surface area (Å²) in [7, 11) is 1.64. The number of aryl methyl sites for hydroxylation is 1. The lowest BCUT2D eigenvalue weighted by Crippen LogP contribution is -2.40. The van der Waals surface area contributed by atoms with Crippen molar-refractivity contribution in [3.05, 3.63) is 57.9 Å². The molecule has 1 aromatic carbocycles. The Morgan fingerprint density at radius 3 is 2.81 bits per heavy atom. The molecule has 186 valence electrons. The maximum absolute atomic E-state index is 13.8. The van der Waals surface area contributed by atoms with Crippen LogP contribution in [0.3, 0.4) is 0 Å². The van der Waals surface area contributed by atoms with E-state index in [2.05, 4.69) is 10.3 Å². The Kier molecular flexibility index (Phi) is 6.00. The van der Waals surface area contributed by atoms with Gasteiger partial charge in [0.2, 0.25) is 0 Å². The number of amides is 2. The normalized spacial score (nSPS) is 15.3. The number of benzene rings is 1. The molecule has 2 amide bonds. The molecule has 2 aliphatic rings. The van der Waals surface area contributed by atoms with Crippen molar-refractivity contribution >= 4 is 39.4 Å². The zero-order valence-electron chi connectivity index (χ0n) is 20.2. The van der Waals surface area contributed by atoms with Gasteiger partial charge in [-0.25, -0.2) is 9.97 Å². The molecule has 0 spiro atoms. The third-order valence-electron chi connectivity index (χ3n) is 6.64. The number of hydrogen-bond acceptors (Lipinski definition) is 7. The van der Waals surface area contributed by atoms with E-state index >= 15 is 0 Å². The van der Waals surface area contributed by atoms with Crippen molar-refractivity contribution < 1.29 is 14.3 Å². The zero-order chi connectivity index (χ0) is 24.8. The molecule has 2 fully saturated rings. The number of imidazole rings is 1. The zero-order valence-corrected chi connectivity index (χ0v) is 21.8. The topological polar surface area (TPSA) is 88.8 Å². The van der Waals surface area contributed by atoms with Crippen LogP contribution in [0.5, 0.6) is 5.75 Å². The van der Waals surface area contributed by atoms with Crippen LogP contribution in [-0.4, -0.2) is 57.3 Å². The van der Waals surface area contributed by atoms with Gasteiger partial charge in [-0.15, -0.1) is 22.7 Å². The van der Waals surface area contributed by atoms with Crippen molar-refractivity contribution in [3.63, 3.8) is 0 Å². The van der Waals surface area contributed by atoms with E-state index in [9.17, 15) is 9.59 Å². The molecule has 4 aromatic rings. The number of methoxy groups -OCH3 is 1. The Morgan fingerprint density at radius 2 is 2.06 bits per heavy atom. The van der Waals surface area contributed by atoms with Gasteiger partial charge in [-0.05, 0) is 50.3 Å². The summed E-state index contributed by atoms with van der Waals surface area (Å²) in [6, 6.07) is 8.00. The second-order valence-electron chi connectivity index (χ2n) is 9.32. The number of rotatable bonds is 9. The molecule has 0 radical (unpaired) electrons. The highest BCUT2D eigenvalue weighted by Crippen LogP contribution is 2.45. The number of nitrogens with zero attached hydrogens (tertiary/aromatic N) is 4. The highest BCUT2D eigenvalue weighted by molar-refractivity contribution is 7.15. The van der Waals surface area contributed by atoms with Crippen LogP contribution in [0.25, 0.3) is 15.4 Å². The monoisotopic (exact) mass is 521 g/mol. The fourth-order valence-electron chi connectivity index (χ4n) is 4.46. The first kappa shape index (κ1) is 23.2. The number of nitrogens with one attached hydrogen (secondary N) is 1. The summed E-state index contributed by atoms with van der Waals surface area (Å²) in [6.45, 7) is 2.65. The molecule has 2 aliphatic carbocycles. The van der Waals surface area contributed by atoms with Gasteiger partial charge >= 0.3 is 0 Å². The van der Waals surface area contributed by atoms with Crippen LogP contribution in [0.1, 0.15) is 63.3 Å². The van der Waals surface area contributed by atoms with Gasteiger partial charge in [0.25, 0.3) is 11.8 Å². The Bertz CT molecular complexity index is 1450. The quantitative estimate of drug-likeness (QED) is 0.343. The van der Waals surface area contributed by atoms with Gasteiger partial charge in [-0.2, -0.15) is 0 Å².